The van der Waals surface area contributed by atoms with Crippen molar-refractivity contribution in [2.75, 3.05) is 40.5 Å². The molecule has 5 heteroatoms. The normalized spacial score (nSPS) is 15.8. The number of aryl methyl sites for hydroxylation is 1. The van der Waals surface area contributed by atoms with E-state index in [2.05, 4.69) is 5.32 Å². The third kappa shape index (κ3) is 4.69. The number of carbonyl (C=O) groups excluding carboxylic acids is 1. The highest BCUT2D eigenvalue weighted by atomic mass is 16.5. The predicted molar refractivity (Wildman–Crippen MR) is 89.0 cm³/mol. The van der Waals surface area contributed by atoms with Gasteiger partial charge >= 0.3 is 5.97 Å². The quantitative estimate of drug-likeness (QED) is 0.559. The molecule has 23 heavy (non-hydrogen) atoms. The van der Waals surface area contributed by atoms with Crippen LogP contribution in [0.2, 0.25) is 0 Å². The molecule has 0 atom stereocenters. The molecule has 1 aromatic rings. The number of unbranched alkanes of at least 4 members (excludes halogenated alkanes) is 1. The molecule has 5 nitrogen and oxygen atoms in total. The van der Waals surface area contributed by atoms with Gasteiger partial charge in [0.15, 0.2) is 0 Å². The molecule has 0 aromatic heterocycles. The summed E-state index contributed by atoms with van der Waals surface area (Å²) >= 11 is 0. The maximum Gasteiger partial charge on any atom is 0.341 e. The molecule has 0 unspecified atom stereocenters. The second kappa shape index (κ2) is 8.31. The maximum atomic E-state index is 11.9. The van der Waals surface area contributed by atoms with Crippen LogP contribution in [0.1, 0.15) is 35.2 Å². The van der Waals surface area contributed by atoms with E-state index in [4.69, 9.17) is 14.2 Å². The number of methoxy groups -OCH3 is 1. The fourth-order valence-electron chi connectivity index (χ4n) is 2.76. The molecule has 0 saturated carbocycles. The molecule has 0 spiro atoms. The lowest BCUT2D eigenvalue weighted by molar-refractivity contribution is -0.136. The monoisotopic (exact) mass is 321 g/mol. The summed E-state index contributed by atoms with van der Waals surface area (Å²) in [5, 5.41) is 3.17. The number of benzene rings is 1. The third-order valence-corrected chi connectivity index (χ3v) is 4.27. The van der Waals surface area contributed by atoms with Gasteiger partial charge in [0.05, 0.1) is 32.3 Å². The first-order valence-electron chi connectivity index (χ1n) is 8.14. The molecule has 1 aliphatic heterocycles. The zero-order chi connectivity index (χ0) is 16.7. The van der Waals surface area contributed by atoms with Crippen LogP contribution < -0.4 is 10.1 Å². The molecule has 0 aliphatic carbocycles. The Bertz CT molecular complexity index is 526. The molecule has 0 bridgehead atoms. The number of hydrogen-bond acceptors (Lipinski definition) is 5. The van der Waals surface area contributed by atoms with E-state index in [0.29, 0.717) is 17.9 Å². The van der Waals surface area contributed by atoms with Gasteiger partial charge < -0.3 is 19.5 Å². The largest absolute Gasteiger partial charge is 0.492 e. The van der Waals surface area contributed by atoms with Gasteiger partial charge in [0.25, 0.3) is 0 Å². The summed E-state index contributed by atoms with van der Waals surface area (Å²) in [4.78, 5) is 11.9. The lowest BCUT2D eigenvalue weighted by Gasteiger charge is -2.41. The summed E-state index contributed by atoms with van der Waals surface area (Å²) in [6.45, 7) is 5.00. The van der Waals surface area contributed by atoms with Crippen molar-refractivity contribution in [3.8, 4) is 5.75 Å². The molecule has 1 aromatic carbocycles. The number of rotatable bonds is 9. The standard InChI is InChI=1S/C18H27NO4/c1-14-6-7-16(15(10-14)17(20)21-3)23-13-18(11-22-12-18)8-4-5-9-19-2/h6-7,10,19H,4-5,8-9,11-13H2,1-3H3. The minimum atomic E-state index is -0.364. The molecule has 128 valence electrons. The van der Waals surface area contributed by atoms with Crippen LogP contribution in [0.25, 0.3) is 0 Å². The van der Waals surface area contributed by atoms with Crippen molar-refractivity contribution in [3.05, 3.63) is 29.3 Å². The van der Waals surface area contributed by atoms with E-state index < -0.39 is 0 Å². The van der Waals surface area contributed by atoms with Crippen molar-refractivity contribution in [1.29, 1.82) is 0 Å². The fourth-order valence-corrected chi connectivity index (χ4v) is 2.76. The molecule has 1 heterocycles. The number of nitrogens with one attached hydrogen (secondary N) is 1. The van der Waals surface area contributed by atoms with E-state index in [1.165, 1.54) is 7.11 Å². The maximum absolute atomic E-state index is 11.9. The predicted octanol–water partition coefficient (Wildman–Crippen LogP) is 2.57. The second-order valence-electron chi connectivity index (χ2n) is 6.33. The van der Waals surface area contributed by atoms with E-state index in [0.717, 1.165) is 44.6 Å². The van der Waals surface area contributed by atoms with Gasteiger partial charge in [-0.25, -0.2) is 4.79 Å². The van der Waals surface area contributed by atoms with Crippen molar-refractivity contribution < 1.29 is 19.0 Å². The Kier molecular flexibility index (Phi) is 6.42. The Morgan fingerprint density at radius 1 is 1.35 bits per heavy atom. The summed E-state index contributed by atoms with van der Waals surface area (Å²) in [6.07, 6.45) is 3.37. The SMILES string of the molecule is CNCCCCC1(COc2ccc(C)cc2C(=O)OC)COC1. The van der Waals surface area contributed by atoms with Gasteiger partial charge in [-0.15, -0.1) is 0 Å². The molecule has 0 amide bonds. The van der Waals surface area contributed by atoms with E-state index in [1.54, 1.807) is 6.07 Å². The molecule has 0 radical (unpaired) electrons. The van der Waals surface area contributed by atoms with Crippen LogP contribution in [0.5, 0.6) is 5.75 Å². The Labute approximate surface area is 138 Å². The smallest absolute Gasteiger partial charge is 0.341 e. The van der Waals surface area contributed by atoms with Crippen LogP contribution in [-0.4, -0.2) is 46.5 Å². The summed E-state index contributed by atoms with van der Waals surface area (Å²) in [6, 6.07) is 5.59. The second-order valence-corrected chi connectivity index (χ2v) is 6.33. The first-order valence-corrected chi connectivity index (χ1v) is 8.14. The first-order chi connectivity index (χ1) is 11.1. The molecule has 1 aliphatic rings. The molecule has 2 rings (SSSR count). The van der Waals surface area contributed by atoms with Gasteiger partial charge in [-0.1, -0.05) is 18.1 Å². The number of esters is 1. The average molecular weight is 321 g/mol. The summed E-state index contributed by atoms with van der Waals surface area (Å²) in [5.74, 6) is 0.223. The Balaban J connectivity index is 1.97. The van der Waals surface area contributed by atoms with Gasteiger partial charge in [0.2, 0.25) is 0 Å². The number of ether oxygens (including phenoxy) is 3. The first kappa shape index (κ1) is 17.8. The lowest BCUT2D eigenvalue weighted by atomic mass is 9.81. The topological polar surface area (TPSA) is 56.8 Å². The molecular formula is C18H27NO4. The highest BCUT2D eigenvalue weighted by Gasteiger charge is 2.39. The molecule has 1 N–H and O–H groups in total. The summed E-state index contributed by atoms with van der Waals surface area (Å²) in [7, 11) is 3.36. The van der Waals surface area contributed by atoms with Gasteiger partial charge in [0, 0.05) is 0 Å². The Morgan fingerprint density at radius 2 is 2.13 bits per heavy atom. The van der Waals surface area contributed by atoms with Crippen LogP contribution in [0.15, 0.2) is 18.2 Å². The van der Waals surface area contributed by atoms with E-state index in [9.17, 15) is 4.79 Å². The minimum Gasteiger partial charge on any atom is -0.492 e. The highest BCUT2D eigenvalue weighted by Crippen LogP contribution is 2.34. The van der Waals surface area contributed by atoms with Crippen LogP contribution in [0, 0.1) is 12.3 Å². The highest BCUT2D eigenvalue weighted by molar-refractivity contribution is 5.92. The molecule has 1 fully saturated rings. The Hall–Kier alpha value is -1.59. The van der Waals surface area contributed by atoms with Gasteiger partial charge in [0.1, 0.15) is 11.3 Å². The Morgan fingerprint density at radius 3 is 2.74 bits per heavy atom. The van der Waals surface area contributed by atoms with Gasteiger partial charge in [-0.3, -0.25) is 0 Å². The van der Waals surface area contributed by atoms with E-state index >= 15 is 0 Å². The molecule has 1 saturated heterocycles. The van der Waals surface area contributed by atoms with E-state index in [-0.39, 0.29) is 11.4 Å². The van der Waals surface area contributed by atoms with Crippen molar-refractivity contribution in [3.63, 3.8) is 0 Å². The van der Waals surface area contributed by atoms with Crippen molar-refractivity contribution in [2.24, 2.45) is 5.41 Å². The van der Waals surface area contributed by atoms with Crippen LogP contribution in [0.3, 0.4) is 0 Å². The minimum absolute atomic E-state index is 0.0754. The summed E-state index contributed by atoms with van der Waals surface area (Å²) in [5.41, 5.74) is 1.57. The van der Waals surface area contributed by atoms with Crippen LogP contribution >= 0.6 is 0 Å². The fraction of sp³-hybridized carbons (Fsp3) is 0.611. The van der Waals surface area contributed by atoms with Gasteiger partial charge in [-0.2, -0.15) is 0 Å². The number of carbonyl (C=O) groups is 1. The summed E-state index contributed by atoms with van der Waals surface area (Å²) < 4.78 is 16.2. The molecular weight excluding hydrogens is 294 g/mol. The van der Waals surface area contributed by atoms with Crippen molar-refractivity contribution in [1.82, 2.24) is 5.32 Å². The zero-order valence-electron chi connectivity index (χ0n) is 14.3. The van der Waals surface area contributed by atoms with Crippen LogP contribution in [-0.2, 0) is 9.47 Å². The zero-order valence-corrected chi connectivity index (χ0v) is 14.3. The van der Waals surface area contributed by atoms with Crippen LogP contribution in [0.4, 0.5) is 0 Å². The average Bonchev–Trinajstić information content (AvgIpc) is 2.53. The van der Waals surface area contributed by atoms with Gasteiger partial charge in [-0.05, 0) is 45.5 Å². The van der Waals surface area contributed by atoms with Crippen molar-refractivity contribution >= 4 is 5.97 Å². The van der Waals surface area contributed by atoms with E-state index in [1.807, 2.05) is 26.1 Å². The number of hydrogen-bond donors (Lipinski definition) is 1. The third-order valence-electron chi connectivity index (χ3n) is 4.27. The lowest BCUT2D eigenvalue weighted by Crippen LogP contribution is -2.47. The van der Waals surface area contributed by atoms with Crippen molar-refractivity contribution in [2.45, 2.75) is 26.2 Å².